The summed E-state index contributed by atoms with van der Waals surface area (Å²) in [5, 5.41) is 0. The van der Waals surface area contributed by atoms with Crippen molar-refractivity contribution in [3.8, 4) is 5.75 Å². The van der Waals surface area contributed by atoms with Crippen LogP contribution in [0, 0.1) is 5.82 Å². The van der Waals surface area contributed by atoms with Gasteiger partial charge >= 0.3 is 0 Å². The number of ether oxygens (including phenoxy) is 1. The van der Waals surface area contributed by atoms with Gasteiger partial charge in [0.1, 0.15) is 11.6 Å². The van der Waals surface area contributed by atoms with E-state index >= 15 is 0 Å². The van der Waals surface area contributed by atoms with E-state index in [1.807, 2.05) is 6.92 Å². The highest BCUT2D eigenvalue weighted by atomic mass is 79.9. The fourth-order valence-electron chi connectivity index (χ4n) is 1.23. The van der Waals surface area contributed by atoms with Crippen LogP contribution in [-0.4, -0.2) is 7.11 Å². The van der Waals surface area contributed by atoms with Crippen molar-refractivity contribution in [1.82, 2.24) is 0 Å². The summed E-state index contributed by atoms with van der Waals surface area (Å²) >= 11 is 3.12. The quantitative estimate of drug-likeness (QED) is 0.908. The minimum absolute atomic E-state index is 0.123. The van der Waals surface area contributed by atoms with E-state index in [9.17, 15) is 4.39 Å². The molecule has 0 aliphatic heterocycles. The van der Waals surface area contributed by atoms with E-state index in [4.69, 9.17) is 10.5 Å². The molecule has 0 spiro atoms. The Balaban J connectivity index is 3.19. The Labute approximate surface area is 91.4 Å². The van der Waals surface area contributed by atoms with Gasteiger partial charge in [0.2, 0.25) is 0 Å². The van der Waals surface area contributed by atoms with Crippen molar-refractivity contribution < 1.29 is 9.13 Å². The fraction of sp³-hybridized carbons (Fsp3) is 0.400. The van der Waals surface area contributed by atoms with Crippen LogP contribution in [0.2, 0.25) is 0 Å². The van der Waals surface area contributed by atoms with Crippen LogP contribution in [0.3, 0.4) is 0 Å². The predicted molar refractivity (Wildman–Crippen MR) is 57.9 cm³/mol. The third-order valence-corrected chi connectivity index (χ3v) is 2.72. The minimum Gasteiger partial charge on any atom is -0.496 e. The Hall–Kier alpha value is -0.610. The zero-order valence-corrected chi connectivity index (χ0v) is 9.77. The summed E-state index contributed by atoms with van der Waals surface area (Å²) in [6.07, 6.45) is 0.786. The van der Waals surface area contributed by atoms with Gasteiger partial charge in [0.15, 0.2) is 0 Å². The molecule has 0 amide bonds. The lowest BCUT2D eigenvalue weighted by Crippen LogP contribution is -2.10. The average molecular weight is 262 g/mol. The van der Waals surface area contributed by atoms with Gasteiger partial charge < -0.3 is 10.5 Å². The summed E-state index contributed by atoms with van der Waals surface area (Å²) in [5.41, 5.74) is 6.69. The molecule has 1 aromatic rings. The van der Waals surface area contributed by atoms with E-state index in [0.717, 1.165) is 12.0 Å². The zero-order valence-electron chi connectivity index (χ0n) is 8.18. The van der Waals surface area contributed by atoms with Gasteiger partial charge in [-0.25, -0.2) is 4.39 Å². The number of rotatable bonds is 3. The van der Waals surface area contributed by atoms with Gasteiger partial charge in [-0.2, -0.15) is 0 Å². The molecule has 0 saturated carbocycles. The van der Waals surface area contributed by atoms with Gasteiger partial charge in [-0.05, 0) is 28.4 Å². The van der Waals surface area contributed by atoms with Crippen molar-refractivity contribution in [2.45, 2.75) is 19.4 Å². The van der Waals surface area contributed by atoms with E-state index < -0.39 is 0 Å². The Bertz CT molecular complexity index is 330. The van der Waals surface area contributed by atoms with E-state index in [1.165, 1.54) is 13.2 Å². The fourth-order valence-corrected chi connectivity index (χ4v) is 1.59. The normalized spacial score (nSPS) is 12.6. The van der Waals surface area contributed by atoms with Crippen LogP contribution >= 0.6 is 15.9 Å². The van der Waals surface area contributed by atoms with Crippen LogP contribution in [0.1, 0.15) is 24.9 Å². The Morgan fingerprint density at radius 2 is 2.21 bits per heavy atom. The third kappa shape index (κ3) is 2.25. The van der Waals surface area contributed by atoms with Crippen LogP contribution in [0.5, 0.6) is 5.75 Å². The lowest BCUT2D eigenvalue weighted by molar-refractivity contribution is 0.401. The number of nitrogens with two attached hydrogens (primary N) is 1. The summed E-state index contributed by atoms with van der Waals surface area (Å²) in [6.45, 7) is 1.97. The topological polar surface area (TPSA) is 35.2 Å². The monoisotopic (exact) mass is 261 g/mol. The molecule has 0 aliphatic rings. The van der Waals surface area contributed by atoms with Crippen LogP contribution in [0.4, 0.5) is 4.39 Å². The molecule has 2 nitrogen and oxygen atoms in total. The van der Waals surface area contributed by atoms with Crippen molar-refractivity contribution in [3.63, 3.8) is 0 Å². The summed E-state index contributed by atoms with van der Waals surface area (Å²) in [4.78, 5) is 0. The van der Waals surface area contributed by atoms with Gasteiger partial charge in [-0.15, -0.1) is 0 Å². The summed E-state index contributed by atoms with van der Waals surface area (Å²) < 4.78 is 18.6. The van der Waals surface area contributed by atoms with E-state index in [0.29, 0.717) is 10.2 Å². The number of hydrogen-bond acceptors (Lipinski definition) is 2. The molecule has 4 heteroatoms. The van der Waals surface area contributed by atoms with Gasteiger partial charge in [0, 0.05) is 17.7 Å². The van der Waals surface area contributed by atoms with Crippen molar-refractivity contribution >= 4 is 15.9 Å². The van der Waals surface area contributed by atoms with Crippen molar-refractivity contribution in [3.05, 3.63) is 28.0 Å². The van der Waals surface area contributed by atoms with Crippen molar-refractivity contribution in [1.29, 1.82) is 0 Å². The zero-order chi connectivity index (χ0) is 10.7. The molecule has 0 saturated heterocycles. The molecule has 0 heterocycles. The standard InChI is InChI=1S/C10H13BrFNO/c1-3-9(13)6-4-7(11)8(12)5-10(6)14-2/h4-5,9H,3,13H2,1-2H3/t9-/m1/s1. The highest BCUT2D eigenvalue weighted by Crippen LogP contribution is 2.30. The second kappa shape index (κ2) is 4.75. The molecule has 0 aromatic heterocycles. The maximum Gasteiger partial charge on any atom is 0.141 e. The molecule has 1 aromatic carbocycles. The SMILES string of the molecule is CC[C@@H](N)c1cc(Br)c(F)cc1OC. The second-order valence-corrected chi connectivity index (χ2v) is 3.88. The van der Waals surface area contributed by atoms with Crippen LogP contribution in [0.25, 0.3) is 0 Å². The molecule has 0 bridgehead atoms. The molecule has 78 valence electrons. The van der Waals surface area contributed by atoms with E-state index in [2.05, 4.69) is 15.9 Å². The molecule has 0 aliphatic carbocycles. The molecule has 1 rings (SSSR count). The van der Waals surface area contributed by atoms with Gasteiger partial charge in [-0.1, -0.05) is 6.92 Å². The number of halogens is 2. The molecule has 0 radical (unpaired) electrons. The molecular weight excluding hydrogens is 249 g/mol. The molecule has 1 atom stereocenters. The molecular formula is C10H13BrFNO. The van der Waals surface area contributed by atoms with Gasteiger partial charge in [-0.3, -0.25) is 0 Å². The first kappa shape index (κ1) is 11.5. The number of hydrogen-bond donors (Lipinski definition) is 1. The third-order valence-electron chi connectivity index (χ3n) is 2.11. The van der Waals surface area contributed by atoms with Gasteiger partial charge in [0.25, 0.3) is 0 Å². The number of benzene rings is 1. The Morgan fingerprint density at radius 3 is 2.71 bits per heavy atom. The Morgan fingerprint density at radius 1 is 1.57 bits per heavy atom. The predicted octanol–water partition coefficient (Wildman–Crippen LogP) is 3.01. The first-order valence-electron chi connectivity index (χ1n) is 4.38. The van der Waals surface area contributed by atoms with E-state index in [-0.39, 0.29) is 11.9 Å². The number of methoxy groups -OCH3 is 1. The molecule has 2 N–H and O–H groups in total. The molecule has 0 unspecified atom stereocenters. The van der Waals surface area contributed by atoms with Crippen molar-refractivity contribution in [2.24, 2.45) is 5.73 Å². The van der Waals surface area contributed by atoms with Crippen LogP contribution in [0.15, 0.2) is 16.6 Å². The Kier molecular flexibility index (Phi) is 3.89. The molecule has 0 fully saturated rings. The lowest BCUT2D eigenvalue weighted by atomic mass is 10.0. The maximum absolute atomic E-state index is 13.1. The van der Waals surface area contributed by atoms with E-state index in [1.54, 1.807) is 6.07 Å². The smallest absolute Gasteiger partial charge is 0.141 e. The summed E-state index contributed by atoms with van der Waals surface area (Å²) in [5.74, 6) is 0.161. The van der Waals surface area contributed by atoms with Crippen molar-refractivity contribution in [2.75, 3.05) is 7.11 Å². The lowest BCUT2D eigenvalue weighted by Gasteiger charge is -2.14. The highest BCUT2D eigenvalue weighted by Gasteiger charge is 2.13. The van der Waals surface area contributed by atoms with Crippen LogP contribution in [-0.2, 0) is 0 Å². The largest absolute Gasteiger partial charge is 0.496 e. The van der Waals surface area contributed by atoms with Gasteiger partial charge in [0.05, 0.1) is 11.6 Å². The molecule has 14 heavy (non-hydrogen) atoms. The highest BCUT2D eigenvalue weighted by molar-refractivity contribution is 9.10. The maximum atomic E-state index is 13.1. The summed E-state index contributed by atoms with van der Waals surface area (Å²) in [6, 6.07) is 2.89. The average Bonchev–Trinajstić information content (AvgIpc) is 2.20. The second-order valence-electron chi connectivity index (χ2n) is 3.02. The first-order valence-corrected chi connectivity index (χ1v) is 5.18. The minimum atomic E-state index is -0.339. The summed E-state index contributed by atoms with van der Waals surface area (Å²) in [7, 11) is 1.51. The first-order chi connectivity index (χ1) is 6.60. The van der Waals surface area contributed by atoms with Crippen LogP contribution < -0.4 is 10.5 Å².